The van der Waals surface area contributed by atoms with Gasteiger partial charge in [-0.3, -0.25) is 0 Å². The van der Waals surface area contributed by atoms with Gasteiger partial charge in [0.05, 0.1) is 0 Å². The standard InChI is InChI=1S/C15H22N2S/c1-11-9-16-15(12-3-4-12)10-17(11)13-5-7-14(18-2)8-6-13/h5-8,11-12,15-16H,3-4,9-10H2,1-2H3. The number of rotatable bonds is 3. The fraction of sp³-hybridized carbons (Fsp3) is 0.600. The van der Waals surface area contributed by atoms with Crippen LogP contribution in [-0.4, -0.2) is 31.4 Å². The van der Waals surface area contributed by atoms with E-state index in [-0.39, 0.29) is 0 Å². The van der Waals surface area contributed by atoms with Crippen molar-refractivity contribution in [3.63, 3.8) is 0 Å². The van der Waals surface area contributed by atoms with Crippen molar-refractivity contribution in [3.8, 4) is 0 Å². The molecule has 1 saturated heterocycles. The molecule has 1 aliphatic carbocycles. The van der Waals surface area contributed by atoms with Crippen molar-refractivity contribution in [1.29, 1.82) is 0 Å². The molecule has 1 aromatic rings. The molecule has 2 nitrogen and oxygen atoms in total. The van der Waals surface area contributed by atoms with Crippen LogP contribution < -0.4 is 10.2 Å². The molecule has 3 heteroatoms. The van der Waals surface area contributed by atoms with Crippen molar-refractivity contribution in [2.75, 3.05) is 24.2 Å². The Hall–Kier alpha value is -0.670. The van der Waals surface area contributed by atoms with Crippen LogP contribution >= 0.6 is 11.8 Å². The minimum atomic E-state index is 0.597. The molecule has 3 rings (SSSR count). The predicted molar refractivity (Wildman–Crippen MR) is 79.5 cm³/mol. The smallest absolute Gasteiger partial charge is 0.0387 e. The third-order valence-corrected chi connectivity index (χ3v) is 4.94. The Morgan fingerprint density at radius 2 is 1.94 bits per heavy atom. The first-order valence-corrected chi connectivity index (χ1v) is 8.14. The van der Waals surface area contributed by atoms with E-state index < -0.39 is 0 Å². The Morgan fingerprint density at radius 1 is 1.22 bits per heavy atom. The average Bonchev–Trinajstić information content (AvgIpc) is 3.24. The lowest BCUT2D eigenvalue weighted by Crippen LogP contribution is -2.56. The van der Waals surface area contributed by atoms with Crippen molar-refractivity contribution in [3.05, 3.63) is 24.3 Å². The second kappa shape index (κ2) is 5.14. The lowest BCUT2D eigenvalue weighted by atomic mass is 10.1. The van der Waals surface area contributed by atoms with Crippen LogP contribution in [0.2, 0.25) is 0 Å². The van der Waals surface area contributed by atoms with Gasteiger partial charge in [-0.25, -0.2) is 0 Å². The first-order valence-electron chi connectivity index (χ1n) is 6.92. The quantitative estimate of drug-likeness (QED) is 0.843. The number of nitrogens with one attached hydrogen (secondary N) is 1. The van der Waals surface area contributed by atoms with Crippen molar-refractivity contribution in [2.45, 2.75) is 36.7 Å². The molecule has 0 spiro atoms. The lowest BCUT2D eigenvalue weighted by Gasteiger charge is -2.40. The summed E-state index contributed by atoms with van der Waals surface area (Å²) in [6.45, 7) is 4.61. The molecule has 18 heavy (non-hydrogen) atoms. The molecule has 1 N–H and O–H groups in total. The molecule has 2 aliphatic rings. The molecule has 0 aromatic heterocycles. The summed E-state index contributed by atoms with van der Waals surface area (Å²) in [5, 5.41) is 3.71. The molecule has 2 unspecified atom stereocenters. The van der Waals surface area contributed by atoms with Gasteiger partial charge in [-0.15, -0.1) is 11.8 Å². The molecule has 0 amide bonds. The van der Waals surface area contributed by atoms with Crippen molar-refractivity contribution in [2.24, 2.45) is 5.92 Å². The Kier molecular flexibility index (Phi) is 3.53. The number of thioether (sulfide) groups is 1. The topological polar surface area (TPSA) is 15.3 Å². The summed E-state index contributed by atoms with van der Waals surface area (Å²) in [5.74, 6) is 0.936. The number of hydrogen-bond donors (Lipinski definition) is 1. The van der Waals surface area contributed by atoms with Gasteiger partial charge >= 0.3 is 0 Å². The number of nitrogens with zero attached hydrogens (tertiary/aromatic N) is 1. The zero-order chi connectivity index (χ0) is 12.5. The zero-order valence-corrected chi connectivity index (χ0v) is 12.0. The highest BCUT2D eigenvalue weighted by Crippen LogP contribution is 2.35. The molecule has 1 aliphatic heterocycles. The second-order valence-electron chi connectivity index (χ2n) is 5.55. The van der Waals surface area contributed by atoms with Gasteiger partial charge in [-0.1, -0.05) is 0 Å². The Bertz CT molecular complexity index is 399. The summed E-state index contributed by atoms with van der Waals surface area (Å²) < 4.78 is 0. The fourth-order valence-corrected chi connectivity index (χ4v) is 3.24. The largest absolute Gasteiger partial charge is 0.366 e. The number of hydrogen-bond acceptors (Lipinski definition) is 3. The summed E-state index contributed by atoms with van der Waals surface area (Å²) in [6.07, 6.45) is 4.97. The molecule has 0 radical (unpaired) electrons. The van der Waals surface area contributed by atoms with Crippen LogP contribution in [0.5, 0.6) is 0 Å². The normalized spacial score (nSPS) is 28.4. The maximum Gasteiger partial charge on any atom is 0.0387 e. The zero-order valence-electron chi connectivity index (χ0n) is 11.2. The molecule has 2 atom stereocenters. The third kappa shape index (κ3) is 2.52. The minimum absolute atomic E-state index is 0.597. The van der Waals surface area contributed by atoms with Gasteiger partial charge in [0, 0.05) is 35.8 Å². The highest BCUT2D eigenvalue weighted by molar-refractivity contribution is 7.98. The molecule has 2 fully saturated rings. The first kappa shape index (κ1) is 12.4. The molecule has 1 heterocycles. The van der Waals surface area contributed by atoms with E-state index in [1.54, 1.807) is 0 Å². The summed E-state index contributed by atoms with van der Waals surface area (Å²) in [4.78, 5) is 3.92. The van der Waals surface area contributed by atoms with Gasteiger partial charge < -0.3 is 10.2 Å². The van der Waals surface area contributed by atoms with Crippen LogP contribution in [0.25, 0.3) is 0 Å². The van der Waals surface area contributed by atoms with Crippen LogP contribution in [-0.2, 0) is 0 Å². The van der Waals surface area contributed by atoms with Gasteiger partial charge in [0.2, 0.25) is 0 Å². The summed E-state index contributed by atoms with van der Waals surface area (Å²) >= 11 is 1.81. The van der Waals surface area contributed by atoms with Crippen LogP contribution in [0, 0.1) is 5.92 Å². The fourth-order valence-electron chi connectivity index (χ4n) is 2.84. The summed E-state index contributed by atoms with van der Waals surface area (Å²) in [5.41, 5.74) is 1.38. The van der Waals surface area contributed by atoms with Crippen molar-refractivity contribution >= 4 is 17.4 Å². The maximum absolute atomic E-state index is 3.71. The van der Waals surface area contributed by atoms with Crippen LogP contribution in [0.3, 0.4) is 0 Å². The molecule has 1 saturated carbocycles. The molecular weight excluding hydrogens is 240 g/mol. The third-order valence-electron chi connectivity index (χ3n) is 4.20. The Labute approximate surface area is 114 Å². The van der Waals surface area contributed by atoms with E-state index in [1.807, 2.05) is 11.8 Å². The summed E-state index contributed by atoms with van der Waals surface area (Å²) in [7, 11) is 0. The van der Waals surface area contributed by atoms with E-state index in [0.29, 0.717) is 12.1 Å². The Morgan fingerprint density at radius 3 is 2.56 bits per heavy atom. The van der Waals surface area contributed by atoms with Crippen molar-refractivity contribution in [1.82, 2.24) is 5.32 Å². The average molecular weight is 262 g/mol. The molecule has 0 bridgehead atoms. The Balaban J connectivity index is 1.74. The lowest BCUT2D eigenvalue weighted by molar-refractivity contribution is 0.376. The van der Waals surface area contributed by atoms with Gasteiger partial charge in [0.1, 0.15) is 0 Å². The van der Waals surface area contributed by atoms with Gasteiger partial charge in [0.25, 0.3) is 0 Å². The van der Waals surface area contributed by atoms with Crippen molar-refractivity contribution < 1.29 is 0 Å². The number of piperazine rings is 1. The molecule has 1 aromatic carbocycles. The van der Waals surface area contributed by atoms with Crippen LogP contribution in [0.1, 0.15) is 19.8 Å². The van der Waals surface area contributed by atoms with E-state index in [9.17, 15) is 0 Å². The summed E-state index contributed by atoms with van der Waals surface area (Å²) in [6, 6.07) is 10.3. The maximum atomic E-state index is 3.71. The van der Waals surface area contributed by atoms with Gasteiger partial charge in [-0.05, 0) is 56.2 Å². The van der Waals surface area contributed by atoms with E-state index >= 15 is 0 Å². The minimum Gasteiger partial charge on any atom is -0.366 e. The monoisotopic (exact) mass is 262 g/mol. The van der Waals surface area contributed by atoms with E-state index in [4.69, 9.17) is 0 Å². The SMILES string of the molecule is CSc1ccc(N2CC(C3CC3)NCC2C)cc1. The highest BCUT2D eigenvalue weighted by Gasteiger charge is 2.35. The highest BCUT2D eigenvalue weighted by atomic mass is 32.2. The van der Waals surface area contributed by atoms with Gasteiger partial charge in [-0.2, -0.15) is 0 Å². The predicted octanol–water partition coefficient (Wildman–Crippen LogP) is 2.99. The molecular formula is C15H22N2S. The van der Waals surface area contributed by atoms with E-state index in [0.717, 1.165) is 12.5 Å². The first-order chi connectivity index (χ1) is 8.78. The van der Waals surface area contributed by atoms with E-state index in [2.05, 4.69) is 47.7 Å². The van der Waals surface area contributed by atoms with Gasteiger partial charge in [0.15, 0.2) is 0 Å². The van der Waals surface area contributed by atoms with E-state index in [1.165, 1.54) is 30.0 Å². The molecule has 98 valence electrons. The second-order valence-corrected chi connectivity index (χ2v) is 6.43. The van der Waals surface area contributed by atoms with Crippen LogP contribution in [0.4, 0.5) is 5.69 Å². The number of anilines is 1. The van der Waals surface area contributed by atoms with Crippen LogP contribution in [0.15, 0.2) is 29.2 Å². The number of benzene rings is 1.